The lowest BCUT2D eigenvalue weighted by Gasteiger charge is -2.35. The van der Waals surface area contributed by atoms with Crippen molar-refractivity contribution in [2.24, 2.45) is 0 Å². The predicted octanol–water partition coefficient (Wildman–Crippen LogP) is 0.833. The van der Waals surface area contributed by atoms with Crippen molar-refractivity contribution in [3.63, 3.8) is 0 Å². The second kappa shape index (κ2) is 5.69. The van der Waals surface area contributed by atoms with Gasteiger partial charge in [-0.15, -0.1) is 0 Å². The zero-order valence-electron chi connectivity index (χ0n) is 9.55. The van der Waals surface area contributed by atoms with Crippen molar-refractivity contribution in [3.05, 3.63) is 0 Å². The molecule has 0 aromatic heterocycles. The molecule has 1 fully saturated rings. The fourth-order valence-electron chi connectivity index (χ4n) is 1.80. The molecule has 2 N–H and O–H groups in total. The Bertz CT molecular complexity index is 149. The van der Waals surface area contributed by atoms with Crippen molar-refractivity contribution in [2.45, 2.75) is 38.7 Å². The highest BCUT2D eigenvalue weighted by Crippen LogP contribution is 2.20. The van der Waals surface area contributed by atoms with Gasteiger partial charge in [-0.05, 0) is 32.7 Å². The van der Waals surface area contributed by atoms with Gasteiger partial charge < -0.3 is 15.3 Å². The lowest BCUT2D eigenvalue weighted by Crippen LogP contribution is -2.44. The lowest BCUT2D eigenvalue weighted by atomic mass is 9.94. The second-order valence-corrected chi connectivity index (χ2v) is 4.59. The summed E-state index contributed by atoms with van der Waals surface area (Å²) < 4.78 is 0. The molecule has 1 aliphatic heterocycles. The Balaban J connectivity index is 2.04. The van der Waals surface area contributed by atoms with Crippen LogP contribution in [0.4, 0.5) is 0 Å². The maximum Gasteiger partial charge on any atom is 0.0644 e. The molecule has 1 saturated heterocycles. The van der Waals surface area contributed by atoms with Crippen LogP contribution in [0.2, 0.25) is 0 Å². The van der Waals surface area contributed by atoms with Crippen molar-refractivity contribution >= 4 is 0 Å². The maximum atomic E-state index is 9.76. The van der Waals surface area contributed by atoms with Crippen LogP contribution in [0.3, 0.4) is 0 Å². The first-order chi connectivity index (χ1) is 6.64. The lowest BCUT2D eigenvalue weighted by molar-refractivity contribution is -0.00487. The molecule has 0 aromatic rings. The van der Waals surface area contributed by atoms with Crippen molar-refractivity contribution in [3.8, 4) is 0 Å². The summed E-state index contributed by atoms with van der Waals surface area (Å²) in [6.45, 7) is 9.53. The van der Waals surface area contributed by atoms with Crippen LogP contribution in [0, 0.1) is 0 Å². The molecule has 0 aliphatic carbocycles. The molecule has 3 heteroatoms. The molecule has 0 radical (unpaired) electrons. The van der Waals surface area contributed by atoms with Crippen LogP contribution in [0.15, 0.2) is 0 Å². The van der Waals surface area contributed by atoms with E-state index in [9.17, 15) is 5.11 Å². The summed E-state index contributed by atoms with van der Waals surface area (Å²) in [5, 5.41) is 13.2. The molecular weight excluding hydrogens is 176 g/mol. The second-order valence-electron chi connectivity index (χ2n) is 4.59. The van der Waals surface area contributed by atoms with Gasteiger partial charge in [0.15, 0.2) is 0 Å². The zero-order valence-corrected chi connectivity index (χ0v) is 9.55. The van der Waals surface area contributed by atoms with Gasteiger partial charge in [0.05, 0.1) is 5.60 Å². The summed E-state index contributed by atoms with van der Waals surface area (Å²) in [6, 6.07) is 0. The molecule has 14 heavy (non-hydrogen) atoms. The van der Waals surface area contributed by atoms with Gasteiger partial charge in [0.25, 0.3) is 0 Å². The van der Waals surface area contributed by atoms with Crippen LogP contribution in [0.5, 0.6) is 0 Å². The average Bonchev–Trinajstić information content (AvgIpc) is 2.15. The normalized spacial score (nSPS) is 22.5. The minimum atomic E-state index is -0.409. The largest absolute Gasteiger partial charge is 0.390 e. The summed E-state index contributed by atoms with van der Waals surface area (Å²) in [7, 11) is 0. The number of piperidine rings is 1. The Morgan fingerprint density at radius 1 is 1.29 bits per heavy atom. The maximum absolute atomic E-state index is 9.76. The molecule has 0 spiro atoms. The molecule has 0 aromatic carbocycles. The van der Waals surface area contributed by atoms with Gasteiger partial charge >= 0.3 is 0 Å². The Morgan fingerprint density at radius 3 is 2.50 bits per heavy atom. The van der Waals surface area contributed by atoms with Crippen molar-refractivity contribution in [1.82, 2.24) is 10.2 Å². The van der Waals surface area contributed by atoms with Gasteiger partial charge in [-0.25, -0.2) is 0 Å². The van der Waals surface area contributed by atoms with Crippen LogP contribution >= 0.6 is 0 Å². The molecule has 84 valence electrons. The minimum absolute atomic E-state index is 0.409. The first-order valence-electron chi connectivity index (χ1n) is 5.79. The number of hydrogen-bond acceptors (Lipinski definition) is 3. The topological polar surface area (TPSA) is 35.5 Å². The SMILES string of the molecule is CCCNCCN1CCC(C)(O)CC1. The van der Waals surface area contributed by atoms with E-state index in [-0.39, 0.29) is 0 Å². The van der Waals surface area contributed by atoms with E-state index in [1.54, 1.807) is 0 Å². The van der Waals surface area contributed by atoms with E-state index >= 15 is 0 Å². The van der Waals surface area contributed by atoms with Gasteiger partial charge in [0.2, 0.25) is 0 Å². The van der Waals surface area contributed by atoms with Gasteiger partial charge in [0.1, 0.15) is 0 Å². The van der Waals surface area contributed by atoms with Crippen molar-refractivity contribution in [1.29, 1.82) is 0 Å². The Kier molecular flexibility index (Phi) is 4.85. The fraction of sp³-hybridized carbons (Fsp3) is 1.00. The molecule has 1 aliphatic rings. The van der Waals surface area contributed by atoms with E-state index in [1.807, 2.05) is 6.92 Å². The van der Waals surface area contributed by atoms with Gasteiger partial charge in [-0.3, -0.25) is 0 Å². The van der Waals surface area contributed by atoms with Gasteiger partial charge in [-0.1, -0.05) is 6.92 Å². The van der Waals surface area contributed by atoms with Gasteiger partial charge in [0, 0.05) is 26.2 Å². The van der Waals surface area contributed by atoms with E-state index < -0.39 is 5.60 Å². The number of likely N-dealkylation sites (tertiary alicyclic amines) is 1. The third-order valence-corrected chi connectivity index (χ3v) is 2.96. The molecular formula is C11H24N2O. The predicted molar refractivity (Wildman–Crippen MR) is 59.5 cm³/mol. The highest BCUT2D eigenvalue weighted by atomic mass is 16.3. The Hall–Kier alpha value is -0.120. The smallest absolute Gasteiger partial charge is 0.0644 e. The van der Waals surface area contributed by atoms with Crippen molar-refractivity contribution in [2.75, 3.05) is 32.7 Å². The van der Waals surface area contributed by atoms with Crippen molar-refractivity contribution < 1.29 is 5.11 Å². The monoisotopic (exact) mass is 200 g/mol. The molecule has 0 unspecified atom stereocenters. The van der Waals surface area contributed by atoms with E-state index in [0.29, 0.717) is 0 Å². The molecule has 0 atom stereocenters. The highest BCUT2D eigenvalue weighted by molar-refractivity contribution is 4.81. The molecule has 1 rings (SSSR count). The van der Waals surface area contributed by atoms with Gasteiger partial charge in [-0.2, -0.15) is 0 Å². The first-order valence-corrected chi connectivity index (χ1v) is 5.79. The number of nitrogens with zero attached hydrogens (tertiary/aromatic N) is 1. The molecule has 3 nitrogen and oxygen atoms in total. The van der Waals surface area contributed by atoms with E-state index in [4.69, 9.17) is 0 Å². The number of rotatable bonds is 5. The summed E-state index contributed by atoms with van der Waals surface area (Å²) in [6.07, 6.45) is 3.04. The Labute approximate surface area is 87.5 Å². The highest BCUT2D eigenvalue weighted by Gasteiger charge is 2.26. The van der Waals surface area contributed by atoms with Crippen LogP contribution in [0.1, 0.15) is 33.1 Å². The summed E-state index contributed by atoms with van der Waals surface area (Å²) in [5.74, 6) is 0. The Morgan fingerprint density at radius 2 is 1.93 bits per heavy atom. The molecule has 0 saturated carbocycles. The average molecular weight is 200 g/mol. The van der Waals surface area contributed by atoms with Crippen LogP contribution in [0.25, 0.3) is 0 Å². The quantitative estimate of drug-likeness (QED) is 0.645. The number of aliphatic hydroxyl groups is 1. The summed E-state index contributed by atoms with van der Waals surface area (Å²) >= 11 is 0. The van der Waals surface area contributed by atoms with Crippen LogP contribution in [-0.2, 0) is 0 Å². The molecule has 0 bridgehead atoms. The molecule has 0 amide bonds. The summed E-state index contributed by atoms with van der Waals surface area (Å²) in [5.41, 5.74) is -0.409. The first kappa shape index (κ1) is 12.0. The fourth-order valence-corrected chi connectivity index (χ4v) is 1.80. The third-order valence-electron chi connectivity index (χ3n) is 2.96. The standard InChI is InChI=1S/C11H24N2O/c1-3-6-12-7-10-13-8-4-11(2,14)5-9-13/h12,14H,3-10H2,1-2H3. The number of hydrogen-bond donors (Lipinski definition) is 2. The zero-order chi connectivity index (χ0) is 10.4. The van der Waals surface area contributed by atoms with Crippen LogP contribution in [-0.4, -0.2) is 48.3 Å². The van der Waals surface area contributed by atoms with E-state index in [2.05, 4.69) is 17.1 Å². The van der Waals surface area contributed by atoms with E-state index in [0.717, 1.165) is 45.6 Å². The third kappa shape index (κ3) is 4.40. The van der Waals surface area contributed by atoms with E-state index in [1.165, 1.54) is 6.42 Å². The van der Waals surface area contributed by atoms with Crippen LogP contribution < -0.4 is 5.32 Å². The molecule has 1 heterocycles. The summed E-state index contributed by atoms with van der Waals surface area (Å²) in [4.78, 5) is 2.43. The minimum Gasteiger partial charge on any atom is -0.390 e. The number of nitrogens with one attached hydrogen (secondary N) is 1.